The lowest BCUT2D eigenvalue weighted by Crippen LogP contribution is -2.33. The summed E-state index contributed by atoms with van der Waals surface area (Å²) >= 11 is 6.22. The van der Waals surface area contributed by atoms with Crippen molar-refractivity contribution >= 4 is 17.6 Å². The van der Waals surface area contributed by atoms with Crippen molar-refractivity contribution in [2.45, 2.75) is 26.9 Å². The van der Waals surface area contributed by atoms with Crippen molar-refractivity contribution in [3.63, 3.8) is 0 Å². The highest BCUT2D eigenvalue weighted by molar-refractivity contribution is 6.31. The molecule has 1 N–H and O–H groups in total. The Kier molecular flexibility index (Phi) is 6.27. The van der Waals surface area contributed by atoms with Crippen LogP contribution in [0.2, 0.25) is 5.02 Å². The molecule has 108 valence electrons. The van der Waals surface area contributed by atoms with Gasteiger partial charge in [-0.3, -0.25) is 14.4 Å². The topological polar surface area (TPSA) is 67.6 Å². The zero-order valence-electron chi connectivity index (χ0n) is 11.5. The van der Waals surface area contributed by atoms with E-state index in [2.05, 4.69) is 5.10 Å². The molecule has 0 saturated carbocycles. The number of aryl methyl sites for hydroxylation is 2. The Morgan fingerprint density at radius 3 is 2.79 bits per heavy atom. The number of nitrogens with zero attached hydrogens (tertiary/aromatic N) is 3. The fourth-order valence-corrected chi connectivity index (χ4v) is 2.05. The lowest BCUT2D eigenvalue weighted by Gasteiger charge is -2.20. The molecule has 0 unspecified atom stereocenters. The molecule has 6 nitrogen and oxygen atoms in total. The number of methoxy groups -OCH3 is 1. The van der Waals surface area contributed by atoms with Gasteiger partial charge in [0.1, 0.15) is 0 Å². The average Bonchev–Trinajstić information content (AvgIpc) is 2.63. The minimum Gasteiger partial charge on any atom is -0.480 e. The third-order valence-electron chi connectivity index (χ3n) is 2.80. The predicted octanol–water partition coefficient (Wildman–Crippen LogP) is 1.40. The molecule has 0 saturated heterocycles. The number of hydrogen-bond donors (Lipinski definition) is 1. The highest BCUT2D eigenvalue weighted by Crippen LogP contribution is 2.21. The molecule has 0 atom stereocenters. The zero-order chi connectivity index (χ0) is 14.4. The van der Waals surface area contributed by atoms with E-state index in [0.29, 0.717) is 31.3 Å². The van der Waals surface area contributed by atoms with Crippen LogP contribution in [0.15, 0.2) is 0 Å². The number of aromatic nitrogens is 2. The van der Waals surface area contributed by atoms with E-state index in [1.807, 2.05) is 13.8 Å². The maximum absolute atomic E-state index is 10.9. The van der Waals surface area contributed by atoms with E-state index in [0.717, 1.165) is 11.4 Å². The van der Waals surface area contributed by atoms with Crippen molar-refractivity contribution in [3.8, 4) is 0 Å². The summed E-state index contributed by atoms with van der Waals surface area (Å²) in [7, 11) is 1.59. The van der Waals surface area contributed by atoms with Gasteiger partial charge in [0.25, 0.3) is 0 Å². The van der Waals surface area contributed by atoms with E-state index in [1.165, 1.54) is 0 Å². The second kappa shape index (κ2) is 7.47. The van der Waals surface area contributed by atoms with Gasteiger partial charge >= 0.3 is 5.97 Å². The smallest absolute Gasteiger partial charge is 0.317 e. The third kappa shape index (κ3) is 4.49. The summed E-state index contributed by atoms with van der Waals surface area (Å²) in [5.41, 5.74) is 1.61. The third-order valence-corrected chi connectivity index (χ3v) is 3.29. The minimum absolute atomic E-state index is 0.0480. The molecule has 0 amide bonds. The standard InChI is InChI=1S/C12H20ClN3O3/c1-4-16-10(12(13)9(2)14-16)7-15(5-6-19-3)8-11(17)18/h4-8H2,1-3H3,(H,17,18). The summed E-state index contributed by atoms with van der Waals surface area (Å²) in [5, 5.41) is 13.9. The SMILES string of the molecule is CCn1nc(C)c(Cl)c1CN(CCOC)CC(=O)O. The van der Waals surface area contributed by atoms with E-state index in [9.17, 15) is 4.79 Å². The summed E-state index contributed by atoms with van der Waals surface area (Å²) in [5.74, 6) is -0.869. The van der Waals surface area contributed by atoms with Gasteiger partial charge in [-0.2, -0.15) is 5.10 Å². The molecule has 1 aromatic rings. The van der Waals surface area contributed by atoms with Crippen molar-refractivity contribution in [3.05, 3.63) is 16.4 Å². The van der Waals surface area contributed by atoms with Gasteiger partial charge in [0.15, 0.2) is 0 Å². The molecule has 0 aliphatic carbocycles. The molecule has 0 spiro atoms. The van der Waals surface area contributed by atoms with Gasteiger partial charge in [-0.05, 0) is 13.8 Å². The molecule has 7 heteroatoms. The Bertz CT molecular complexity index is 434. The number of carbonyl (C=O) groups is 1. The normalized spacial score (nSPS) is 11.2. The van der Waals surface area contributed by atoms with Crippen LogP contribution in [0.3, 0.4) is 0 Å². The molecular weight excluding hydrogens is 270 g/mol. The van der Waals surface area contributed by atoms with Crippen LogP contribution in [-0.4, -0.2) is 52.6 Å². The first-order valence-electron chi connectivity index (χ1n) is 6.14. The molecule has 0 aliphatic heterocycles. The monoisotopic (exact) mass is 289 g/mol. The summed E-state index contributed by atoms with van der Waals surface area (Å²) in [6, 6.07) is 0. The van der Waals surface area contributed by atoms with Gasteiger partial charge in [0.2, 0.25) is 0 Å². The molecule has 0 radical (unpaired) electrons. The number of rotatable bonds is 8. The fourth-order valence-electron chi connectivity index (χ4n) is 1.86. The first-order valence-corrected chi connectivity index (χ1v) is 6.52. The molecule has 0 bridgehead atoms. The van der Waals surface area contributed by atoms with Gasteiger partial charge in [-0.25, -0.2) is 0 Å². The molecule has 0 aliphatic rings. The van der Waals surface area contributed by atoms with Crippen LogP contribution in [0.4, 0.5) is 0 Å². The molecule has 0 aromatic carbocycles. The first-order chi connectivity index (χ1) is 8.99. The first kappa shape index (κ1) is 15.9. The molecule has 0 fully saturated rings. The maximum Gasteiger partial charge on any atom is 0.317 e. The minimum atomic E-state index is -0.869. The van der Waals surface area contributed by atoms with Crippen molar-refractivity contribution in [2.24, 2.45) is 0 Å². The van der Waals surface area contributed by atoms with Gasteiger partial charge in [-0.1, -0.05) is 11.6 Å². The number of carboxylic acids is 1. The second-order valence-corrected chi connectivity index (χ2v) is 4.64. The van der Waals surface area contributed by atoms with Crippen LogP contribution in [0.25, 0.3) is 0 Å². The summed E-state index contributed by atoms with van der Waals surface area (Å²) < 4.78 is 6.80. The summed E-state index contributed by atoms with van der Waals surface area (Å²) in [6.07, 6.45) is 0. The lowest BCUT2D eigenvalue weighted by atomic mass is 10.3. The van der Waals surface area contributed by atoms with Gasteiger partial charge < -0.3 is 9.84 Å². The van der Waals surface area contributed by atoms with Crippen LogP contribution in [0.1, 0.15) is 18.3 Å². The van der Waals surface area contributed by atoms with Gasteiger partial charge in [0.05, 0.1) is 29.6 Å². The second-order valence-electron chi connectivity index (χ2n) is 4.26. The van der Waals surface area contributed by atoms with E-state index < -0.39 is 5.97 Å². The fraction of sp³-hybridized carbons (Fsp3) is 0.667. The molecule has 1 aromatic heterocycles. The Hall–Kier alpha value is -1.11. The highest BCUT2D eigenvalue weighted by Gasteiger charge is 2.17. The van der Waals surface area contributed by atoms with Crippen molar-refractivity contribution in [1.82, 2.24) is 14.7 Å². The van der Waals surface area contributed by atoms with Crippen LogP contribution >= 0.6 is 11.6 Å². The highest BCUT2D eigenvalue weighted by atomic mass is 35.5. The van der Waals surface area contributed by atoms with Crippen LogP contribution < -0.4 is 0 Å². The Morgan fingerprint density at radius 2 is 2.26 bits per heavy atom. The van der Waals surface area contributed by atoms with Gasteiger partial charge in [0, 0.05) is 26.7 Å². The van der Waals surface area contributed by atoms with Crippen LogP contribution in [-0.2, 0) is 22.6 Å². The van der Waals surface area contributed by atoms with E-state index in [-0.39, 0.29) is 6.54 Å². The quantitative estimate of drug-likeness (QED) is 0.783. The van der Waals surface area contributed by atoms with Crippen LogP contribution in [0.5, 0.6) is 0 Å². The van der Waals surface area contributed by atoms with Gasteiger partial charge in [-0.15, -0.1) is 0 Å². The molecular formula is C12H20ClN3O3. The number of aliphatic carboxylic acids is 1. The van der Waals surface area contributed by atoms with E-state index in [1.54, 1.807) is 16.7 Å². The maximum atomic E-state index is 10.9. The van der Waals surface area contributed by atoms with Crippen molar-refractivity contribution in [1.29, 1.82) is 0 Å². The van der Waals surface area contributed by atoms with E-state index >= 15 is 0 Å². The Morgan fingerprint density at radius 1 is 1.58 bits per heavy atom. The van der Waals surface area contributed by atoms with E-state index in [4.69, 9.17) is 21.4 Å². The summed E-state index contributed by atoms with van der Waals surface area (Å²) in [4.78, 5) is 12.6. The van der Waals surface area contributed by atoms with Crippen molar-refractivity contribution < 1.29 is 14.6 Å². The average molecular weight is 290 g/mol. The van der Waals surface area contributed by atoms with Crippen LogP contribution in [0, 0.1) is 6.92 Å². The molecule has 1 heterocycles. The lowest BCUT2D eigenvalue weighted by molar-refractivity contribution is -0.138. The number of carboxylic acid groups (broad SMARTS) is 1. The zero-order valence-corrected chi connectivity index (χ0v) is 12.3. The number of hydrogen-bond acceptors (Lipinski definition) is 4. The Labute approximate surface area is 117 Å². The van der Waals surface area contributed by atoms with Crippen molar-refractivity contribution in [2.75, 3.05) is 26.8 Å². The largest absolute Gasteiger partial charge is 0.480 e. The summed E-state index contributed by atoms with van der Waals surface area (Å²) in [6.45, 7) is 5.93. The number of halogens is 1. The predicted molar refractivity (Wildman–Crippen MR) is 72.4 cm³/mol. The number of ether oxygens (including phenoxy) is 1. The Balaban J connectivity index is 2.85. The molecule has 1 rings (SSSR count). The molecule has 19 heavy (non-hydrogen) atoms.